The zero-order chi connectivity index (χ0) is 14.5. The minimum absolute atomic E-state index is 0.0360. The maximum absolute atomic E-state index is 11.9. The third-order valence-corrected chi connectivity index (χ3v) is 4.56. The number of rotatable bonds is 4. The Hall–Kier alpha value is -0.550. The van der Waals surface area contributed by atoms with Gasteiger partial charge in [-0.3, -0.25) is 4.79 Å². The number of carbonyl (C=O) groups excluding carboxylic acids is 1. The maximum Gasteiger partial charge on any atom is 0.258 e. The molecule has 0 heterocycles. The molecule has 20 heavy (non-hydrogen) atoms. The molecule has 2 rings (SSSR count). The van der Waals surface area contributed by atoms with Crippen molar-refractivity contribution < 1.29 is 9.53 Å². The smallest absolute Gasteiger partial charge is 0.258 e. The van der Waals surface area contributed by atoms with Crippen molar-refractivity contribution in [3.63, 3.8) is 0 Å². The predicted molar refractivity (Wildman–Crippen MR) is 87.1 cm³/mol. The fourth-order valence-electron chi connectivity index (χ4n) is 2.53. The lowest BCUT2D eigenvalue weighted by Gasteiger charge is -2.22. The van der Waals surface area contributed by atoms with Crippen molar-refractivity contribution in [3.05, 3.63) is 26.6 Å². The molecule has 0 saturated heterocycles. The largest absolute Gasteiger partial charge is 0.482 e. The van der Waals surface area contributed by atoms with Crippen LogP contribution in [0.5, 0.6) is 5.75 Å². The minimum Gasteiger partial charge on any atom is -0.482 e. The van der Waals surface area contributed by atoms with Crippen LogP contribution in [0.4, 0.5) is 0 Å². The topological polar surface area (TPSA) is 38.3 Å². The SMILES string of the molecule is Cc1cc(Br)cc(Br)c1OCC(=O)NC1CCCCC1. The van der Waals surface area contributed by atoms with E-state index in [2.05, 4.69) is 37.2 Å². The summed E-state index contributed by atoms with van der Waals surface area (Å²) in [5.41, 5.74) is 0.997. The number of benzene rings is 1. The molecule has 1 aliphatic rings. The van der Waals surface area contributed by atoms with Gasteiger partial charge in [-0.1, -0.05) is 35.2 Å². The molecule has 0 atom stereocenters. The van der Waals surface area contributed by atoms with E-state index < -0.39 is 0 Å². The molecule has 0 spiro atoms. The number of hydrogen-bond acceptors (Lipinski definition) is 2. The molecule has 1 aliphatic carbocycles. The van der Waals surface area contributed by atoms with Gasteiger partial charge in [0.05, 0.1) is 4.47 Å². The Bertz CT molecular complexity index is 462. The van der Waals surface area contributed by atoms with E-state index in [1.165, 1.54) is 19.3 Å². The Balaban J connectivity index is 1.87. The van der Waals surface area contributed by atoms with Gasteiger partial charge in [0.25, 0.3) is 5.91 Å². The van der Waals surface area contributed by atoms with E-state index in [0.29, 0.717) is 6.04 Å². The monoisotopic (exact) mass is 403 g/mol. The van der Waals surface area contributed by atoms with Crippen LogP contribution in [0.1, 0.15) is 37.7 Å². The lowest BCUT2D eigenvalue weighted by molar-refractivity contribution is -0.124. The normalized spacial score (nSPS) is 15.9. The second-order valence-electron chi connectivity index (χ2n) is 5.22. The molecule has 0 aliphatic heterocycles. The number of amides is 1. The molecule has 1 aromatic rings. The molecule has 1 aromatic carbocycles. The Morgan fingerprint density at radius 2 is 2.00 bits per heavy atom. The van der Waals surface area contributed by atoms with Crippen molar-refractivity contribution in [2.45, 2.75) is 45.1 Å². The van der Waals surface area contributed by atoms with Gasteiger partial charge in [-0.15, -0.1) is 0 Å². The molecular weight excluding hydrogens is 386 g/mol. The van der Waals surface area contributed by atoms with Gasteiger partial charge in [0.15, 0.2) is 6.61 Å². The Morgan fingerprint density at radius 3 is 2.65 bits per heavy atom. The highest BCUT2D eigenvalue weighted by Crippen LogP contribution is 2.32. The van der Waals surface area contributed by atoms with Gasteiger partial charge in [0, 0.05) is 10.5 Å². The molecule has 0 radical (unpaired) electrons. The van der Waals surface area contributed by atoms with E-state index in [0.717, 1.165) is 33.1 Å². The predicted octanol–water partition coefficient (Wildman–Crippen LogP) is 4.35. The number of ether oxygens (including phenoxy) is 1. The number of halogens is 2. The summed E-state index contributed by atoms with van der Waals surface area (Å²) in [6.45, 7) is 2.03. The quantitative estimate of drug-likeness (QED) is 0.810. The van der Waals surface area contributed by atoms with Gasteiger partial charge >= 0.3 is 0 Å². The van der Waals surface area contributed by atoms with Crippen molar-refractivity contribution in [1.82, 2.24) is 5.32 Å². The van der Waals surface area contributed by atoms with E-state index in [4.69, 9.17) is 4.74 Å². The highest BCUT2D eigenvalue weighted by Gasteiger charge is 2.16. The molecule has 1 amide bonds. The molecular formula is C15H19Br2NO2. The highest BCUT2D eigenvalue weighted by molar-refractivity contribution is 9.11. The lowest BCUT2D eigenvalue weighted by Crippen LogP contribution is -2.39. The second-order valence-corrected chi connectivity index (χ2v) is 6.99. The van der Waals surface area contributed by atoms with Crippen molar-refractivity contribution in [1.29, 1.82) is 0 Å². The van der Waals surface area contributed by atoms with Gasteiger partial charge in [0.2, 0.25) is 0 Å². The fourth-order valence-corrected chi connectivity index (χ4v) is 4.08. The average molecular weight is 405 g/mol. The summed E-state index contributed by atoms with van der Waals surface area (Å²) in [6, 6.07) is 4.22. The Morgan fingerprint density at radius 1 is 1.30 bits per heavy atom. The molecule has 5 heteroatoms. The van der Waals surface area contributed by atoms with Crippen LogP contribution in [-0.4, -0.2) is 18.6 Å². The van der Waals surface area contributed by atoms with Crippen molar-refractivity contribution >= 4 is 37.8 Å². The average Bonchev–Trinajstić information content (AvgIpc) is 2.38. The number of hydrogen-bond donors (Lipinski definition) is 1. The summed E-state index contributed by atoms with van der Waals surface area (Å²) in [7, 11) is 0. The molecule has 0 unspecified atom stereocenters. The number of carbonyl (C=O) groups is 1. The first-order valence-corrected chi connectivity index (χ1v) is 8.52. The van der Waals surface area contributed by atoms with Crippen LogP contribution in [0.2, 0.25) is 0 Å². The highest BCUT2D eigenvalue weighted by atomic mass is 79.9. The third kappa shape index (κ3) is 4.48. The van der Waals surface area contributed by atoms with E-state index >= 15 is 0 Å². The zero-order valence-electron chi connectivity index (χ0n) is 11.5. The number of nitrogens with one attached hydrogen (secondary N) is 1. The van der Waals surface area contributed by atoms with Crippen LogP contribution in [0, 0.1) is 6.92 Å². The standard InChI is InChI=1S/C15H19Br2NO2/c1-10-7-11(16)8-13(17)15(10)20-9-14(19)18-12-5-3-2-4-6-12/h7-8,12H,2-6,9H2,1H3,(H,18,19). The van der Waals surface area contributed by atoms with Crippen LogP contribution in [0.15, 0.2) is 21.1 Å². The van der Waals surface area contributed by atoms with E-state index in [1.54, 1.807) is 0 Å². The van der Waals surface area contributed by atoms with Crippen LogP contribution in [-0.2, 0) is 4.79 Å². The lowest BCUT2D eigenvalue weighted by atomic mass is 9.95. The zero-order valence-corrected chi connectivity index (χ0v) is 14.7. The van der Waals surface area contributed by atoms with Crippen LogP contribution < -0.4 is 10.1 Å². The van der Waals surface area contributed by atoms with E-state index in [9.17, 15) is 4.79 Å². The Kier molecular flexibility index (Phi) is 5.90. The first-order chi connectivity index (χ1) is 9.56. The van der Waals surface area contributed by atoms with Gasteiger partial charge < -0.3 is 10.1 Å². The van der Waals surface area contributed by atoms with Crippen molar-refractivity contribution in [2.24, 2.45) is 0 Å². The van der Waals surface area contributed by atoms with Gasteiger partial charge in [-0.2, -0.15) is 0 Å². The minimum atomic E-state index is -0.0360. The molecule has 3 nitrogen and oxygen atoms in total. The molecule has 110 valence electrons. The van der Waals surface area contributed by atoms with E-state index in [1.807, 2.05) is 19.1 Å². The molecule has 1 saturated carbocycles. The van der Waals surface area contributed by atoms with Gasteiger partial charge in [-0.25, -0.2) is 0 Å². The summed E-state index contributed by atoms with van der Waals surface area (Å²) in [4.78, 5) is 11.9. The first kappa shape index (κ1) is 15.8. The number of aryl methyl sites for hydroxylation is 1. The van der Waals surface area contributed by atoms with Crippen molar-refractivity contribution in [3.8, 4) is 5.75 Å². The molecule has 0 bridgehead atoms. The van der Waals surface area contributed by atoms with E-state index in [-0.39, 0.29) is 12.5 Å². The van der Waals surface area contributed by atoms with Crippen LogP contribution in [0.25, 0.3) is 0 Å². The maximum atomic E-state index is 11.9. The Labute approximate surface area is 136 Å². The van der Waals surface area contributed by atoms with Crippen LogP contribution >= 0.6 is 31.9 Å². The summed E-state index contributed by atoms with van der Waals surface area (Å²) in [5, 5.41) is 3.05. The molecule has 1 fully saturated rings. The summed E-state index contributed by atoms with van der Waals surface area (Å²) < 4.78 is 7.49. The summed E-state index contributed by atoms with van der Waals surface area (Å²) in [5.74, 6) is 0.693. The second kappa shape index (κ2) is 7.46. The fraction of sp³-hybridized carbons (Fsp3) is 0.533. The summed E-state index contributed by atoms with van der Waals surface area (Å²) >= 11 is 6.89. The molecule has 0 aromatic heterocycles. The van der Waals surface area contributed by atoms with Crippen molar-refractivity contribution in [2.75, 3.05) is 6.61 Å². The molecule has 1 N–H and O–H groups in total. The van der Waals surface area contributed by atoms with Gasteiger partial charge in [-0.05, 0) is 53.4 Å². The summed E-state index contributed by atoms with van der Waals surface area (Å²) in [6.07, 6.45) is 5.89. The first-order valence-electron chi connectivity index (χ1n) is 6.94. The van der Waals surface area contributed by atoms with Gasteiger partial charge in [0.1, 0.15) is 5.75 Å². The van der Waals surface area contributed by atoms with Crippen LogP contribution in [0.3, 0.4) is 0 Å². The third-order valence-electron chi connectivity index (χ3n) is 3.51.